The third-order valence-corrected chi connectivity index (χ3v) is 3.84. The lowest BCUT2D eigenvalue weighted by atomic mass is 10.1. The average Bonchev–Trinajstić information content (AvgIpc) is 2.60. The Morgan fingerprint density at radius 1 is 0.654 bits per heavy atom. The molecule has 0 unspecified atom stereocenters. The second kappa shape index (κ2) is 6.11. The van der Waals surface area contributed by atoms with Crippen LogP contribution in [0.15, 0.2) is 54.6 Å². The van der Waals surface area contributed by atoms with E-state index in [4.69, 9.17) is 5.73 Å². The molecule has 0 fully saturated rings. The van der Waals surface area contributed by atoms with E-state index in [9.17, 15) is 13.2 Å². The molecule has 0 atom stereocenters. The number of rotatable bonds is 2. The summed E-state index contributed by atoms with van der Waals surface area (Å²) in [5.41, 5.74) is 8.14. The van der Waals surface area contributed by atoms with Crippen molar-refractivity contribution in [3.63, 3.8) is 0 Å². The van der Waals surface area contributed by atoms with Crippen LogP contribution < -0.4 is 5.73 Å². The fourth-order valence-electron chi connectivity index (χ4n) is 2.71. The number of fused-ring (bicyclic) bond motifs is 1. The molecule has 0 aliphatic heterocycles. The molecule has 0 aliphatic carbocycles. The van der Waals surface area contributed by atoms with Crippen LogP contribution in [0.3, 0.4) is 0 Å². The normalized spacial score (nSPS) is 11.0. The predicted octanol–water partition coefficient (Wildman–Crippen LogP) is 4.36. The first kappa shape index (κ1) is 16.0. The molecule has 26 heavy (non-hydrogen) atoms. The average molecular weight is 352 g/mol. The SMILES string of the molecule is Nc1nc(-c2cc(F)cc(F)c2)c2nc(-c3ccc(F)cc3)ccc2n1. The standard InChI is InChI=1S/C19H11F3N4/c20-12-3-1-10(2-4-12)15-5-6-16-18(24-15)17(26-19(23)25-16)11-7-13(21)9-14(22)8-11/h1-9H,(H2,23,25,26). The maximum absolute atomic E-state index is 13.6. The molecule has 2 heterocycles. The van der Waals surface area contributed by atoms with Crippen molar-refractivity contribution >= 4 is 17.0 Å². The van der Waals surface area contributed by atoms with Crippen LogP contribution in [0.25, 0.3) is 33.5 Å². The minimum atomic E-state index is -0.736. The van der Waals surface area contributed by atoms with Gasteiger partial charge in [0.1, 0.15) is 28.7 Å². The predicted molar refractivity (Wildman–Crippen MR) is 92.5 cm³/mol. The van der Waals surface area contributed by atoms with Crippen molar-refractivity contribution in [3.05, 3.63) is 72.0 Å². The second-order valence-electron chi connectivity index (χ2n) is 5.66. The van der Waals surface area contributed by atoms with Gasteiger partial charge in [-0.3, -0.25) is 0 Å². The van der Waals surface area contributed by atoms with E-state index in [2.05, 4.69) is 15.0 Å². The first-order valence-electron chi connectivity index (χ1n) is 7.66. The number of hydrogen-bond acceptors (Lipinski definition) is 4. The monoisotopic (exact) mass is 352 g/mol. The van der Waals surface area contributed by atoms with Crippen LogP contribution in [-0.4, -0.2) is 15.0 Å². The molecule has 128 valence electrons. The van der Waals surface area contributed by atoms with Crippen molar-refractivity contribution in [2.45, 2.75) is 0 Å². The zero-order valence-corrected chi connectivity index (χ0v) is 13.2. The van der Waals surface area contributed by atoms with Crippen LogP contribution in [0.1, 0.15) is 0 Å². The van der Waals surface area contributed by atoms with E-state index in [0.717, 1.165) is 18.2 Å². The summed E-state index contributed by atoms with van der Waals surface area (Å²) in [5.74, 6) is -1.87. The molecule has 2 aromatic heterocycles. The molecule has 2 N–H and O–H groups in total. The quantitative estimate of drug-likeness (QED) is 0.582. The molecular weight excluding hydrogens is 341 g/mol. The van der Waals surface area contributed by atoms with Crippen molar-refractivity contribution in [2.75, 3.05) is 5.73 Å². The second-order valence-corrected chi connectivity index (χ2v) is 5.66. The number of pyridine rings is 1. The molecule has 2 aromatic carbocycles. The van der Waals surface area contributed by atoms with Crippen LogP contribution in [-0.2, 0) is 0 Å². The Labute approximate surface area is 146 Å². The Hall–Kier alpha value is -3.48. The summed E-state index contributed by atoms with van der Waals surface area (Å²) in [5, 5.41) is 0. The highest BCUT2D eigenvalue weighted by molar-refractivity contribution is 5.91. The molecule has 0 saturated heterocycles. The maximum Gasteiger partial charge on any atom is 0.221 e. The molecule has 7 heteroatoms. The number of nitrogens with two attached hydrogens (primary N) is 1. The van der Waals surface area contributed by atoms with Gasteiger partial charge < -0.3 is 5.73 Å². The topological polar surface area (TPSA) is 64.7 Å². The minimum Gasteiger partial charge on any atom is -0.368 e. The third-order valence-electron chi connectivity index (χ3n) is 3.84. The lowest BCUT2D eigenvalue weighted by Crippen LogP contribution is -2.00. The smallest absolute Gasteiger partial charge is 0.221 e. The van der Waals surface area contributed by atoms with Crippen LogP contribution in [0.4, 0.5) is 19.1 Å². The summed E-state index contributed by atoms with van der Waals surface area (Å²) in [6, 6.07) is 12.3. The van der Waals surface area contributed by atoms with Crippen molar-refractivity contribution < 1.29 is 13.2 Å². The number of nitrogens with zero attached hydrogens (tertiary/aromatic N) is 3. The lowest BCUT2D eigenvalue weighted by Gasteiger charge is -2.09. The zero-order valence-electron chi connectivity index (χ0n) is 13.2. The summed E-state index contributed by atoms with van der Waals surface area (Å²) in [7, 11) is 0. The molecule has 0 aliphatic rings. The Bertz CT molecular complexity index is 1110. The zero-order chi connectivity index (χ0) is 18.3. The van der Waals surface area contributed by atoms with Crippen LogP contribution in [0, 0.1) is 17.5 Å². The molecular formula is C19H11F3N4. The molecule has 0 radical (unpaired) electrons. The molecule has 0 amide bonds. The number of hydrogen-bond donors (Lipinski definition) is 1. The number of halogens is 3. The molecule has 0 spiro atoms. The Balaban J connectivity index is 1.96. The maximum atomic E-state index is 13.6. The van der Waals surface area contributed by atoms with Gasteiger partial charge in [0, 0.05) is 17.2 Å². The fourth-order valence-corrected chi connectivity index (χ4v) is 2.71. The number of anilines is 1. The first-order chi connectivity index (χ1) is 12.5. The molecule has 4 nitrogen and oxygen atoms in total. The van der Waals surface area contributed by atoms with Crippen molar-refractivity contribution in [1.29, 1.82) is 0 Å². The largest absolute Gasteiger partial charge is 0.368 e. The van der Waals surface area contributed by atoms with Crippen molar-refractivity contribution in [3.8, 4) is 22.5 Å². The van der Waals surface area contributed by atoms with Gasteiger partial charge in [-0.05, 0) is 48.5 Å². The van der Waals surface area contributed by atoms with E-state index in [1.807, 2.05) is 0 Å². The highest BCUT2D eigenvalue weighted by atomic mass is 19.1. The van der Waals surface area contributed by atoms with E-state index in [-0.39, 0.29) is 23.0 Å². The summed E-state index contributed by atoms with van der Waals surface area (Å²) >= 11 is 0. The number of benzene rings is 2. The highest BCUT2D eigenvalue weighted by Crippen LogP contribution is 2.29. The minimum absolute atomic E-state index is 0.0338. The number of aromatic nitrogens is 3. The lowest BCUT2D eigenvalue weighted by molar-refractivity contribution is 0.584. The van der Waals surface area contributed by atoms with Gasteiger partial charge in [-0.1, -0.05) is 0 Å². The summed E-state index contributed by atoms with van der Waals surface area (Å²) in [6.07, 6.45) is 0. The van der Waals surface area contributed by atoms with E-state index in [0.29, 0.717) is 22.3 Å². The molecule has 4 aromatic rings. The first-order valence-corrected chi connectivity index (χ1v) is 7.66. The Morgan fingerprint density at radius 3 is 2.04 bits per heavy atom. The van der Waals surface area contributed by atoms with Gasteiger partial charge in [0.05, 0.1) is 11.2 Å². The van der Waals surface area contributed by atoms with Gasteiger partial charge in [-0.15, -0.1) is 0 Å². The van der Waals surface area contributed by atoms with Gasteiger partial charge in [0.2, 0.25) is 5.95 Å². The summed E-state index contributed by atoms with van der Waals surface area (Å²) in [4.78, 5) is 12.7. The highest BCUT2D eigenvalue weighted by Gasteiger charge is 2.14. The van der Waals surface area contributed by atoms with E-state index in [1.165, 1.54) is 12.1 Å². The summed E-state index contributed by atoms with van der Waals surface area (Å²) in [6.45, 7) is 0. The van der Waals surface area contributed by atoms with Gasteiger partial charge in [-0.2, -0.15) is 0 Å². The molecule has 4 rings (SSSR count). The molecule has 0 bridgehead atoms. The fraction of sp³-hybridized carbons (Fsp3) is 0. The van der Waals surface area contributed by atoms with Crippen LogP contribution in [0.2, 0.25) is 0 Å². The summed E-state index contributed by atoms with van der Waals surface area (Å²) < 4.78 is 40.4. The Kier molecular flexibility index (Phi) is 3.76. The third kappa shape index (κ3) is 2.95. The van der Waals surface area contributed by atoms with Gasteiger partial charge >= 0.3 is 0 Å². The van der Waals surface area contributed by atoms with E-state index >= 15 is 0 Å². The van der Waals surface area contributed by atoms with Crippen LogP contribution >= 0.6 is 0 Å². The van der Waals surface area contributed by atoms with Crippen LogP contribution in [0.5, 0.6) is 0 Å². The van der Waals surface area contributed by atoms with Gasteiger partial charge in [-0.25, -0.2) is 28.1 Å². The van der Waals surface area contributed by atoms with Gasteiger partial charge in [0.15, 0.2) is 0 Å². The Morgan fingerprint density at radius 2 is 1.35 bits per heavy atom. The van der Waals surface area contributed by atoms with E-state index < -0.39 is 11.6 Å². The van der Waals surface area contributed by atoms with Crippen molar-refractivity contribution in [2.24, 2.45) is 0 Å². The van der Waals surface area contributed by atoms with E-state index in [1.54, 1.807) is 24.3 Å². The number of nitrogen functional groups attached to an aromatic ring is 1. The van der Waals surface area contributed by atoms with Crippen molar-refractivity contribution in [1.82, 2.24) is 15.0 Å². The van der Waals surface area contributed by atoms with Gasteiger partial charge in [0.25, 0.3) is 0 Å². The molecule has 0 saturated carbocycles.